The second-order valence-corrected chi connectivity index (χ2v) is 5.48. The fourth-order valence-corrected chi connectivity index (χ4v) is 2.38. The average Bonchev–Trinajstić information content (AvgIpc) is 2.53. The van der Waals surface area contributed by atoms with Gasteiger partial charge in [-0.1, -0.05) is 41.9 Å². The maximum atomic E-state index is 14.0. The van der Waals surface area contributed by atoms with Gasteiger partial charge in [0.1, 0.15) is 11.4 Å². The molecule has 1 amide bonds. The first kappa shape index (κ1) is 16.5. The number of benzene rings is 2. The highest BCUT2D eigenvalue weighted by Crippen LogP contribution is 2.26. The summed E-state index contributed by atoms with van der Waals surface area (Å²) in [7, 11) is 1.48. The highest BCUT2D eigenvalue weighted by Gasteiger charge is 2.30. The molecule has 0 radical (unpaired) electrons. The molecule has 0 aliphatic rings. The van der Waals surface area contributed by atoms with E-state index in [2.05, 4.69) is 5.32 Å². The lowest BCUT2D eigenvalue weighted by molar-refractivity contribution is 0.000389. The SMILES string of the molecule is CO[C@](C)(CNC(=O)c1ccccc1Cl)c1ccccc1F. The van der Waals surface area contributed by atoms with Gasteiger partial charge in [-0.2, -0.15) is 0 Å². The van der Waals surface area contributed by atoms with E-state index in [0.29, 0.717) is 16.1 Å². The summed E-state index contributed by atoms with van der Waals surface area (Å²) in [5.41, 5.74) is -0.212. The zero-order valence-corrected chi connectivity index (χ0v) is 13.2. The minimum absolute atomic E-state index is 0.120. The molecule has 3 nitrogen and oxygen atoms in total. The Morgan fingerprint density at radius 2 is 1.86 bits per heavy atom. The van der Waals surface area contributed by atoms with Crippen LogP contribution in [0.5, 0.6) is 0 Å². The van der Waals surface area contributed by atoms with Crippen LogP contribution in [0.15, 0.2) is 48.5 Å². The van der Waals surface area contributed by atoms with Crippen molar-refractivity contribution in [3.63, 3.8) is 0 Å². The number of carbonyl (C=O) groups is 1. The Labute approximate surface area is 134 Å². The molecule has 0 saturated heterocycles. The number of nitrogens with one attached hydrogen (secondary N) is 1. The summed E-state index contributed by atoms with van der Waals surface area (Å²) in [6, 6.07) is 13.1. The summed E-state index contributed by atoms with van der Waals surface area (Å²) in [4.78, 5) is 12.2. The fraction of sp³-hybridized carbons (Fsp3) is 0.235. The summed E-state index contributed by atoms with van der Waals surface area (Å²) in [5.74, 6) is -0.705. The number of halogens is 2. The van der Waals surface area contributed by atoms with Crippen molar-refractivity contribution in [1.29, 1.82) is 0 Å². The van der Waals surface area contributed by atoms with Crippen LogP contribution in [-0.4, -0.2) is 19.6 Å². The molecule has 116 valence electrons. The molecule has 0 aromatic heterocycles. The van der Waals surface area contributed by atoms with E-state index in [0.717, 1.165) is 0 Å². The monoisotopic (exact) mass is 321 g/mol. The molecule has 0 unspecified atom stereocenters. The largest absolute Gasteiger partial charge is 0.372 e. The van der Waals surface area contributed by atoms with Crippen LogP contribution in [0.1, 0.15) is 22.8 Å². The van der Waals surface area contributed by atoms with Gasteiger partial charge >= 0.3 is 0 Å². The van der Waals surface area contributed by atoms with Crippen molar-refractivity contribution >= 4 is 17.5 Å². The smallest absolute Gasteiger partial charge is 0.252 e. The number of hydrogen-bond acceptors (Lipinski definition) is 2. The molecule has 22 heavy (non-hydrogen) atoms. The molecule has 0 heterocycles. The van der Waals surface area contributed by atoms with E-state index in [1.165, 1.54) is 13.2 Å². The Balaban J connectivity index is 2.16. The lowest BCUT2D eigenvalue weighted by Gasteiger charge is -2.29. The van der Waals surface area contributed by atoms with Crippen LogP contribution in [0.4, 0.5) is 4.39 Å². The normalized spacial score (nSPS) is 13.5. The van der Waals surface area contributed by atoms with E-state index in [1.54, 1.807) is 49.4 Å². The Morgan fingerprint density at radius 3 is 2.50 bits per heavy atom. The Bertz CT molecular complexity index is 677. The molecular formula is C17H17ClFNO2. The van der Waals surface area contributed by atoms with Gasteiger partial charge in [0.15, 0.2) is 0 Å². The van der Waals surface area contributed by atoms with Crippen molar-refractivity contribution < 1.29 is 13.9 Å². The highest BCUT2D eigenvalue weighted by atomic mass is 35.5. The molecule has 5 heteroatoms. The summed E-state index contributed by atoms with van der Waals surface area (Å²) in [6.45, 7) is 1.84. The maximum Gasteiger partial charge on any atom is 0.252 e. The summed E-state index contributed by atoms with van der Waals surface area (Å²) < 4.78 is 19.4. The molecule has 0 bridgehead atoms. The number of methoxy groups -OCH3 is 1. The molecule has 2 aromatic carbocycles. The van der Waals surface area contributed by atoms with Crippen molar-refractivity contribution in [3.8, 4) is 0 Å². The third-order valence-corrected chi connectivity index (χ3v) is 3.93. The molecule has 0 fully saturated rings. The highest BCUT2D eigenvalue weighted by molar-refractivity contribution is 6.33. The topological polar surface area (TPSA) is 38.3 Å². The first-order valence-electron chi connectivity index (χ1n) is 6.81. The van der Waals surface area contributed by atoms with E-state index in [4.69, 9.17) is 16.3 Å². The van der Waals surface area contributed by atoms with Crippen LogP contribution < -0.4 is 5.32 Å². The van der Waals surface area contributed by atoms with Gasteiger partial charge < -0.3 is 10.1 Å². The van der Waals surface area contributed by atoms with Gasteiger partial charge in [-0.25, -0.2) is 4.39 Å². The van der Waals surface area contributed by atoms with E-state index >= 15 is 0 Å². The first-order chi connectivity index (χ1) is 10.5. The van der Waals surface area contributed by atoms with Crippen LogP contribution in [-0.2, 0) is 10.3 Å². The number of carbonyl (C=O) groups excluding carboxylic acids is 1. The molecule has 0 aliphatic carbocycles. The second kappa shape index (κ2) is 6.90. The molecule has 0 aliphatic heterocycles. The summed E-state index contributed by atoms with van der Waals surface area (Å²) in [5, 5.41) is 3.11. The van der Waals surface area contributed by atoms with E-state index < -0.39 is 5.60 Å². The third-order valence-electron chi connectivity index (χ3n) is 3.60. The number of amides is 1. The number of hydrogen-bond donors (Lipinski definition) is 1. The molecule has 0 saturated carbocycles. The van der Waals surface area contributed by atoms with Crippen molar-refractivity contribution in [1.82, 2.24) is 5.32 Å². The van der Waals surface area contributed by atoms with Crippen molar-refractivity contribution in [2.75, 3.05) is 13.7 Å². The minimum atomic E-state index is -0.970. The van der Waals surface area contributed by atoms with Gasteiger partial charge in [-0.15, -0.1) is 0 Å². The third kappa shape index (κ3) is 3.46. The second-order valence-electron chi connectivity index (χ2n) is 5.08. The van der Waals surface area contributed by atoms with Crippen LogP contribution >= 0.6 is 11.6 Å². The molecule has 0 spiro atoms. The molecule has 2 aromatic rings. The Hall–Kier alpha value is -1.91. The summed E-state index contributed by atoms with van der Waals surface area (Å²) in [6.07, 6.45) is 0. The number of rotatable bonds is 5. The Morgan fingerprint density at radius 1 is 1.23 bits per heavy atom. The maximum absolute atomic E-state index is 14.0. The van der Waals surface area contributed by atoms with Gasteiger partial charge in [-0.05, 0) is 25.1 Å². The molecular weight excluding hydrogens is 305 g/mol. The van der Waals surface area contributed by atoms with Gasteiger partial charge in [-0.3, -0.25) is 4.79 Å². The van der Waals surface area contributed by atoms with Gasteiger partial charge in [0.05, 0.1) is 17.1 Å². The molecule has 2 rings (SSSR count). The first-order valence-corrected chi connectivity index (χ1v) is 7.18. The van der Waals surface area contributed by atoms with E-state index in [9.17, 15) is 9.18 Å². The van der Waals surface area contributed by atoms with Crippen LogP contribution in [0, 0.1) is 5.82 Å². The Kier molecular flexibility index (Phi) is 5.16. The molecule has 1 atom stereocenters. The van der Waals surface area contributed by atoms with Crippen LogP contribution in [0.25, 0.3) is 0 Å². The van der Waals surface area contributed by atoms with Crippen molar-refractivity contribution in [2.24, 2.45) is 0 Å². The standard InChI is InChI=1S/C17H17ClFNO2/c1-17(22-2,13-8-4-6-10-15(13)19)11-20-16(21)12-7-3-5-9-14(12)18/h3-10H,11H2,1-2H3,(H,20,21)/t17-/m1/s1. The fourth-order valence-electron chi connectivity index (χ4n) is 2.16. The van der Waals surface area contributed by atoms with Gasteiger partial charge in [0.2, 0.25) is 0 Å². The van der Waals surface area contributed by atoms with Crippen molar-refractivity contribution in [3.05, 3.63) is 70.5 Å². The van der Waals surface area contributed by atoms with Crippen molar-refractivity contribution in [2.45, 2.75) is 12.5 Å². The van der Waals surface area contributed by atoms with Gasteiger partial charge in [0.25, 0.3) is 5.91 Å². The van der Waals surface area contributed by atoms with Crippen LogP contribution in [0.3, 0.4) is 0 Å². The lowest BCUT2D eigenvalue weighted by atomic mass is 9.95. The lowest BCUT2D eigenvalue weighted by Crippen LogP contribution is -2.40. The van der Waals surface area contributed by atoms with Gasteiger partial charge in [0, 0.05) is 12.7 Å². The number of ether oxygens (including phenoxy) is 1. The minimum Gasteiger partial charge on any atom is -0.372 e. The predicted octanol–water partition coefficient (Wildman–Crippen LogP) is 3.77. The van der Waals surface area contributed by atoms with E-state index in [1.807, 2.05) is 0 Å². The quantitative estimate of drug-likeness (QED) is 0.910. The zero-order chi connectivity index (χ0) is 16.2. The molecule has 1 N–H and O–H groups in total. The predicted molar refractivity (Wildman–Crippen MR) is 84.5 cm³/mol. The zero-order valence-electron chi connectivity index (χ0n) is 12.4. The van der Waals surface area contributed by atoms with Crippen LogP contribution in [0.2, 0.25) is 5.02 Å². The summed E-state index contributed by atoms with van der Waals surface area (Å²) >= 11 is 5.99. The van der Waals surface area contributed by atoms with E-state index in [-0.39, 0.29) is 18.3 Å². The average molecular weight is 322 g/mol.